The van der Waals surface area contributed by atoms with E-state index in [1.807, 2.05) is 30.3 Å². The van der Waals surface area contributed by atoms with Crippen molar-refractivity contribution in [1.82, 2.24) is 5.32 Å². The van der Waals surface area contributed by atoms with Crippen LogP contribution in [0.3, 0.4) is 0 Å². The number of benzene rings is 2. The summed E-state index contributed by atoms with van der Waals surface area (Å²) in [5.41, 5.74) is 0.783. The number of hydrogen-bond acceptors (Lipinski definition) is 1. The lowest BCUT2D eigenvalue weighted by molar-refractivity contribution is 0.0954. The van der Waals surface area contributed by atoms with Gasteiger partial charge in [-0.15, -0.1) is 0 Å². The monoisotopic (exact) mass is 353 g/mol. The minimum atomic E-state index is 0.0499. The molecule has 0 aromatic heterocycles. The number of carbonyl (C=O) groups excluding carboxylic acids is 1. The minimum absolute atomic E-state index is 0.0499. The minimum Gasteiger partial charge on any atom is -0.352 e. The molecule has 0 saturated carbocycles. The van der Waals surface area contributed by atoms with Crippen molar-refractivity contribution >= 4 is 16.7 Å². The smallest absolute Gasteiger partial charge is 0.251 e. The summed E-state index contributed by atoms with van der Waals surface area (Å²) in [5.74, 6) is 0.0499. The molecule has 0 radical (unpaired) electrons. The molecule has 0 unspecified atom stereocenters. The fourth-order valence-corrected chi connectivity index (χ4v) is 3.51. The molecule has 0 aliphatic rings. The van der Waals surface area contributed by atoms with E-state index in [2.05, 4.69) is 24.4 Å². The first kappa shape index (κ1) is 20.5. The molecule has 2 aromatic rings. The van der Waals surface area contributed by atoms with Crippen molar-refractivity contribution in [3.8, 4) is 0 Å². The van der Waals surface area contributed by atoms with Crippen LogP contribution in [0.25, 0.3) is 10.8 Å². The number of unbranched alkanes of at least 4 members (excludes halogenated alkanes) is 10. The molecule has 1 amide bonds. The summed E-state index contributed by atoms with van der Waals surface area (Å²) in [6.45, 7) is 3.05. The Balaban J connectivity index is 1.54. The molecule has 0 atom stereocenters. The summed E-state index contributed by atoms with van der Waals surface area (Å²) in [6, 6.07) is 14.0. The third-order valence-corrected chi connectivity index (χ3v) is 5.10. The van der Waals surface area contributed by atoms with E-state index in [0.717, 1.165) is 29.3 Å². The van der Waals surface area contributed by atoms with E-state index < -0.39 is 0 Å². The molecule has 2 rings (SSSR count). The van der Waals surface area contributed by atoms with E-state index in [1.165, 1.54) is 64.2 Å². The first-order valence-electron chi connectivity index (χ1n) is 10.6. The van der Waals surface area contributed by atoms with Gasteiger partial charge in [-0.05, 0) is 23.3 Å². The Labute approximate surface area is 159 Å². The van der Waals surface area contributed by atoms with Crippen molar-refractivity contribution in [1.29, 1.82) is 0 Å². The van der Waals surface area contributed by atoms with E-state index in [1.54, 1.807) is 0 Å². The van der Waals surface area contributed by atoms with Crippen molar-refractivity contribution in [2.45, 2.75) is 77.6 Å². The molecule has 26 heavy (non-hydrogen) atoms. The Hall–Kier alpha value is -1.83. The number of hydrogen-bond donors (Lipinski definition) is 1. The van der Waals surface area contributed by atoms with Crippen molar-refractivity contribution in [3.05, 3.63) is 48.0 Å². The number of fused-ring (bicyclic) bond motifs is 1. The lowest BCUT2D eigenvalue weighted by atomic mass is 10.0. The highest BCUT2D eigenvalue weighted by atomic mass is 16.1. The van der Waals surface area contributed by atoms with E-state index in [9.17, 15) is 4.79 Å². The van der Waals surface area contributed by atoms with Gasteiger partial charge in [-0.3, -0.25) is 4.79 Å². The predicted molar refractivity (Wildman–Crippen MR) is 113 cm³/mol. The SMILES string of the molecule is CCCCCCCCCCCCCNC(=O)c1cccc2ccccc12. The van der Waals surface area contributed by atoms with Crippen LogP contribution in [0.1, 0.15) is 87.9 Å². The van der Waals surface area contributed by atoms with Crippen LogP contribution >= 0.6 is 0 Å². The molecule has 2 aromatic carbocycles. The third kappa shape index (κ3) is 7.19. The topological polar surface area (TPSA) is 29.1 Å². The van der Waals surface area contributed by atoms with Crippen molar-refractivity contribution in [2.75, 3.05) is 6.54 Å². The third-order valence-electron chi connectivity index (χ3n) is 5.10. The second-order valence-corrected chi connectivity index (χ2v) is 7.32. The molecule has 0 fully saturated rings. The average molecular weight is 354 g/mol. The zero-order valence-electron chi connectivity index (χ0n) is 16.4. The lowest BCUT2D eigenvalue weighted by Gasteiger charge is -2.08. The molecule has 2 nitrogen and oxygen atoms in total. The van der Waals surface area contributed by atoms with Gasteiger partial charge in [-0.2, -0.15) is 0 Å². The molecule has 142 valence electrons. The zero-order valence-corrected chi connectivity index (χ0v) is 16.4. The highest BCUT2D eigenvalue weighted by molar-refractivity contribution is 6.06. The van der Waals surface area contributed by atoms with Gasteiger partial charge in [0.1, 0.15) is 0 Å². The second-order valence-electron chi connectivity index (χ2n) is 7.32. The molecule has 0 bridgehead atoms. The van der Waals surface area contributed by atoms with Crippen LogP contribution in [-0.2, 0) is 0 Å². The van der Waals surface area contributed by atoms with Gasteiger partial charge in [0.05, 0.1) is 0 Å². The summed E-state index contributed by atoms with van der Waals surface area (Å²) in [5, 5.41) is 5.24. The fraction of sp³-hybridized carbons (Fsp3) is 0.542. The first-order chi connectivity index (χ1) is 12.8. The number of carbonyl (C=O) groups is 1. The van der Waals surface area contributed by atoms with E-state index in [0.29, 0.717) is 0 Å². The summed E-state index contributed by atoms with van der Waals surface area (Å²) in [6.07, 6.45) is 14.6. The summed E-state index contributed by atoms with van der Waals surface area (Å²) < 4.78 is 0. The molecule has 0 aliphatic heterocycles. The lowest BCUT2D eigenvalue weighted by Crippen LogP contribution is -2.24. The molecule has 2 heteroatoms. The van der Waals surface area contributed by atoms with Gasteiger partial charge in [-0.25, -0.2) is 0 Å². The Morgan fingerprint density at radius 2 is 1.31 bits per heavy atom. The van der Waals surface area contributed by atoms with E-state index in [4.69, 9.17) is 0 Å². The van der Waals surface area contributed by atoms with Gasteiger partial charge in [0, 0.05) is 12.1 Å². The highest BCUT2D eigenvalue weighted by Gasteiger charge is 2.08. The Morgan fingerprint density at radius 3 is 2.00 bits per heavy atom. The normalized spacial score (nSPS) is 11.0. The molecule has 1 N–H and O–H groups in total. The van der Waals surface area contributed by atoms with Crippen LogP contribution < -0.4 is 5.32 Å². The first-order valence-corrected chi connectivity index (χ1v) is 10.6. The van der Waals surface area contributed by atoms with Crippen LogP contribution in [0.2, 0.25) is 0 Å². The zero-order chi connectivity index (χ0) is 18.5. The summed E-state index contributed by atoms with van der Waals surface area (Å²) >= 11 is 0. The van der Waals surface area contributed by atoms with Gasteiger partial charge < -0.3 is 5.32 Å². The van der Waals surface area contributed by atoms with Crippen LogP contribution in [0.4, 0.5) is 0 Å². The van der Waals surface area contributed by atoms with E-state index in [-0.39, 0.29) is 5.91 Å². The van der Waals surface area contributed by atoms with Crippen molar-refractivity contribution in [2.24, 2.45) is 0 Å². The molecule has 0 aliphatic carbocycles. The predicted octanol–water partition coefficient (Wildman–Crippen LogP) is 6.88. The number of nitrogens with one attached hydrogen (secondary N) is 1. The van der Waals surface area contributed by atoms with Gasteiger partial charge in [0.2, 0.25) is 0 Å². The van der Waals surface area contributed by atoms with Crippen LogP contribution in [0.5, 0.6) is 0 Å². The largest absolute Gasteiger partial charge is 0.352 e. The van der Waals surface area contributed by atoms with Crippen molar-refractivity contribution in [3.63, 3.8) is 0 Å². The van der Waals surface area contributed by atoms with Gasteiger partial charge >= 0.3 is 0 Å². The molecular weight excluding hydrogens is 318 g/mol. The maximum absolute atomic E-state index is 12.4. The maximum Gasteiger partial charge on any atom is 0.251 e. The van der Waals surface area contributed by atoms with Crippen molar-refractivity contribution < 1.29 is 4.79 Å². The maximum atomic E-state index is 12.4. The molecular formula is C24H35NO. The standard InChI is InChI=1S/C24H35NO/c1-2-3-4-5-6-7-8-9-10-11-14-20-25-24(26)23-19-15-17-21-16-12-13-18-22(21)23/h12-13,15-19H,2-11,14,20H2,1H3,(H,25,26). The summed E-state index contributed by atoms with van der Waals surface area (Å²) in [4.78, 5) is 12.4. The quantitative estimate of drug-likeness (QED) is 0.391. The molecule has 0 spiro atoms. The molecule has 0 heterocycles. The summed E-state index contributed by atoms with van der Waals surface area (Å²) in [7, 11) is 0. The van der Waals surface area contributed by atoms with Crippen LogP contribution in [0.15, 0.2) is 42.5 Å². The molecule has 0 saturated heterocycles. The van der Waals surface area contributed by atoms with Gasteiger partial charge in [0.15, 0.2) is 0 Å². The number of amides is 1. The Kier molecular flexibility index (Phi) is 9.86. The van der Waals surface area contributed by atoms with Crippen LogP contribution in [0, 0.1) is 0 Å². The Bertz CT molecular complexity index is 644. The Morgan fingerprint density at radius 1 is 0.731 bits per heavy atom. The van der Waals surface area contributed by atoms with Crippen LogP contribution in [-0.4, -0.2) is 12.5 Å². The van der Waals surface area contributed by atoms with Gasteiger partial charge in [-0.1, -0.05) is 108 Å². The van der Waals surface area contributed by atoms with Gasteiger partial charge in [0.25, 0.3) is 5.91 Å². The second kappa shape index (κ2) is 12.5. The fourth-order valence-electron chi connectivity index (χ4n) is 3.51. The number of rotatable bonds is 13. The average Bonchev–Trinajstić information content (AvgIpc) is 2.68. The van der Waals surface area contributed by atoms with E-state index >= 15 is 0 Å². The highest BCUT2D eigenvalue weighted by Crippen LogP contribution is 2.18.